The smallest absolute Gasteiger partial charge is 0.216 e. The van der Waals surface area contributed by atoms with Crippen LogP contribution < -0.4 is 0 Å². The maximum absolute atomic E-state index is 12.8. The fourth-order valence-corrected chi connectivity index (χ4v) is 10.2. The molecule has 0 atom stereocenters. The summed E-state index contributed by atoms with van der Waals surface area (Å²) in [6.45, 7) is 22.7. The third-order valence-corrected chi connectivity index (χ3v) is 14.9. The van der Waals surface area contributed by atoms with Crippen LogP contribution in [0.5, 0.6) is 0 Å². The molecule has 4 heterocycles. The van der Waals surface area contributed by atoms with Crippen LogP contribution in [0.4, 0.5) is 4.39 Å². The fraction of sp³-hybridized carbons (Fsp3) is 0.266. The summed E-state index contributed by atoms with van der Waals surface area (Å²) < 4.78 is 45.3. The monoisotopic (exact) mass is 1120 g/mol. The van der Waals surface area contributed by atoms with E-state index in [2.05, 4.69) is 176 Å². The second-order valence-electron chi connectivity index (χ2n) is 21.5. The van der Waals surface area contributed by atoms with Crippen molar-refractivity contribution in [3.8, 4) is 50.6 Å². The predicted molar refractivity (Wildman–Crippen MR) is 287 cm³/mol. The van der Waals surface area contributed by atoms with Gasteiger partial charge in [-0.15, -0.1) is 48.0 Å². The number of fused-ring (bicyclic) bond motifs is 7. The number of benzene rings is 6. The normalized spacial score (nSPS) is 14.6. The molecule has 1 aliphatic carbocycles. The molecule has 0 saturated heterocycles. The van der Waals surface area contributed by atoms with Gasteiger partial charge in [0.1, 0.15) is 0 Å². The SMILES string of the molecule is CC(C)(C)c1ccc(-c2[c-]cc(F)cc2)nc1.[2H]C([2H])([2H])c1ccc2c(n1)oc1c(-c3nc4ccccc4n3-c3c(C(C)C)cc(-c4ccc5c(c4)C(C)(C)C(C)(C)c4ccccc4-5)cc3C(C)C)[c-]ccc12.[Ir]. The van der Waals surface area contributed by atoms with E-state index in [1.807, 2.05) is 36.5 Å². The van der Waals surface area contributed by atoms with Gasteiger partial charge in [-0.2, -0.15) is 0 Å². The van der Waals surface area contributed by atoms with Crippen LogP contribution in [0.1, 0.15) is 126 Å². The van der Waals surface area contributed by atoms with Crippen molar-refractivity contribution in [2.75, 3.05) is 0 Å². The van der Waals surface area contributed by atoms with E-state index in [0.29, 0.717) is 17.0 Å². The largest absolute Gasteiger partial charge is 0.486 e. The average molecular weight is 1120 g/mol. The van der Waals surface area contributed by atoms with Gasteiger partial charge in [0.15, 0.2) is 0 Å². The number of halogens is 1. The minimum absolute atomic E-state index is 0. The van der Waals surface area contributed by atoms with E-state index in [0.717, 1.165) is 38.8 Å². The molecule has 0 bridgehead atoms. The van der Waals surface area contributed by atoms with Crippen LogP contribution in [-0.2, 0) is 36.4 Å². The number of pyridine rings is 2. The molecular formula is C64H61FIrN4O-2. The zero-order valence-corrected chi connectivity index (χ0v) is 44.7. The first-order valence-electron chi connectivity index (χ1n) is 25.8. The van der Waals surface area contributed by atoms with Crippen molar-refractivity contribution < 1.29 is 33.0 Å². The summed E-state index contributed by atoms with van der Waals surface area (Å²) in [7, 11) is 0. The minimum atomic E-state index is -2.35. The molecule has 0 fully saturated rings. The molecule has 0 amide bonds. The van der Waals surface area contributed by atoms with Crippen LogP contribution in [-0.4, -0.2) is 19.5 Å². The van der Waals surface area contributed by atoms with Crippen molar-refractivity contribution in [3.05, 3.63) is 191 Å². The minimum Gasteiger partial charge on any atom is -0.486 e. The molecule has 7 heteroatoms. The van der Waals surface area contributed by atoms with Gasteiger partial charge in [-0.3, -0.25) is 9.37 Å². The first-order valence-corrected chi connectivity index (χ1v) is 24.3. The van der Waals surface area contributed by atoms with E-state index in [9.17, 15) is 4.39 Å². The molecule has 361 valence electrons. The number of aryl methyl sites for hydroxylation is 1. The van der Waals surface area contributed by atoms with Gasteiger partial charge >= 0.3 is 0 Å². The molecular weight excluding hydrogens is 1050 g/mol. The Hall–Kier alpha value is -6.53. The summed E-state index contributed by atoms with van der Waals surface area (Å²) in [4.78, 5) is 14.1. The molecule has 6 aromatic carbocycles. The van der Waals surface area contributed by atoms with Gasteiger partial charge in [-0.05, 0) is 133 Å². The number of aromatic nitrogens is 4. The molecule has 5 nitrogen and oxygen atoms in total. The van der Waals surface area contributed by atoms with Gasteiger partial charge in [0, 0.05) is 53.0 Å². The Balaban J connectivity index is 0.000000317. The number of nitrogens with zero attached hydrogens (tertiary/aromatic N) is 4. The fourth-order valence-electron chi connectivity index (χ4n) is 10.2. The molecule has 0 spiro atoms. The summed E-state index contributed by atoms with van der Waals surface area (Å²) in [6.07, 6.45) is 1.87. The topological polar surface area (TPSA) is 56.7 Å². The van der Waals surface area contributed by atoms with Crippen molar-refractivity contribution in [2.45, 2.75) is 111 Å². The molecule has 0 saturated carbocycles. The second-order valence-corrected chi connectivity index (χ2v) is 21.5. The van der Waals surface area contributed by atoms with Gasteiger partial charge < -0.3 is 14.0 Å². The Morgan fingerprint density at radius 3 is 2.08 bits per heavy atom. The Bertz CT molecular complexity index is 3700. The van der Waals surface area contributed by atoms with Crippen LogP contribution in [0.15, 0.2) is 144 Å². The van der Waals surface area contributed by atoms with E-state index >= 15 is 0 Å². The first kappa shape index (κ1) is 45.6. The second kappa shape index (κ2) is 18.6. The molecule has 1 radical (unpaired) electrons. The zero-order chi connectivity index (χ0) is 51.9. The van der Waals surface area contributed by atoms with E-state index in [4.69, 9.17) is 13.5 Å². The molecule has 1 aliphatic rings. The predicted octanol–water partition coefficient (Wildman–Crippen LogP) is 17.2. The summed E-state index contributed by atoms with van der Waals surface area (Å²) >= 11 is 0. The van der Waals surface area contributed by atoms with Crippen LogP contribution in [0.2, 0.25) is 0 Å². The van der Waals surface area contributed by atoms with Crippen molar-refractivity contribution >= 4 is 33.1 Å². The number of hydrogen-bond acceptors (Lipinski definition) is 4. The van der Waals surface area contributed by atoms with Crippen molar-refractivity contribution in [2.24, 2.45) is 0 Å². The third-order valence-electron chi connectivity index (χ3n) is 14.9. The number of hydrogen-bond donors (Lipinski definition) is 0. The molecule has 4 aromatic heterocycles. The van der Waals surface area contributed by atoms with Crippen molar-refractivity contribution in [1.82, 2.24) is 19.5 Å². The molecule has 0 aliphatic heterocycles. The standard InChI is InChI=1S/C49H46N3O.C15H15FN.Ir/c1-28(2)38-25-32(31-22-24-34-33-15-10-11-18-40(33)48(6,7)49(8,9)41(34)27-31)26-39(29(3)4)44(38)52-43-20-13-12-19-42(43)51-46(52)37-17-14-16-35-36-23-21-30(5)50-47(36)53-45(35)37;1-15(2,3)12-6-9-14(17-10-12)11-4-7-13(16)8-5-11;/h10-16,18-29H,1-9H3;4,6-10H,1-3H3;/q2*-1;/i5D3;;. The Morgan fingerprint density at radius 2 is 1.41 bits per heavy atom. The van der Waals surface area contributed by atoms with Gasteiger partial charge in [0.2, 0.25) is 5.71 Å². The van der Waals surface area contributed by atoms with E-state index < -0.39 is 6.85 Å². The van der Waals surface area contributed by atoms with Crippen LogP contribution in [0, 0.1) is 24.8 Å². The number of furan rings is 1. The Morgan fingerprint density at radius 1 is 0.704 bits per heavy atom. The van der Waals surface area contributed by atoms with Crippen LogP contribution in [0.25, 0.3) is 83.7 Å². The van der Waals surface area contributed by atoms with Gasteiger partial charge in [0.05, 0.1) is 22.4 Å². The van der Waals surface area contributed by atoms with Crippen LogP contribution in [0.3, 0.4) is 0 Å². The number of para-hydroxylation sites is 2. The molecule has 11 rings (SSSR count). The molecule has 0 N–H and O–H groups in total. The number of rotatable bonds is 6. The van der Waals surface area contributed by atoms with E-state index in [-0.39, 0.29) is 65.4 Å². The van der Waals surface area contributed by atoms with Gasteiger partial charge in [0.25, 0.3) is 0 Å². The summed E-state index contributed by atoms with van der Waals surface area (Å²) in [5.41, 5.74) is 17.5. The van der Waals surface area contributed by atoms with Crippen molar-refractivity contribution in [1.29, 1.82) is 0 Å². The Kier molecular flexibility index (Phi) is 11.9. The maximum atomic E-state index is 12.8. The van der Waals surface area contributed by atoms with Crippen LogP contribution >= 0.6 is 0 Å². The van der Waals surface area contributed by atoms with E-state index in [1.54, 1.807) is 18.2 Å². The summed E-state index contributed by atoms with van der Waals surface area (Å²) in [5, 5.41) is 1.59. The summed E-state index contributed by atoms with van der Waals surface area (Å²) in [6, 6.07) is 50.9. The maximum Gasteiger partial charge on any atom is 0.216 e. The zero-order valence-electron chi connectivity index (χ0n) is 45.3. The van der Waals surface area contributed by atoms with E-state index in [1.165, 1.54) is 62.2 Å². The third kappa shape index (κ3) is 8.65. The Labute approximate surface area is 436 Å². The molecule has 0 unspecified atom stereocenters. The number of imidazole rings is 1. The average Bonchev–Trinajstić information content (AvgIpc) is 3.94. The quantitative estimate of drug-likeness (QED) is 0.156. The van der Waals surface area contributed by atoms with Gasteiger partial charge in [-0.25, -0.2) is 4.98 Å². The van der Waals surface area contributed by atoms with Crippen molar-refractivity contribution in [3.63, 3.8) is 0 Å². The molecule has 10 aromatic rings. The summed E-state index contributed by atoms with van der Waals surface area (Å²) in [5.74, 6) is 0.801. The molecule has 71 heavy (non-hydrogen) atoms. The van der Waals surface area contributed by atoms with Gasteiger partial charge in [-0.1, -0.05) is 148 Å². The first-order chi connectivity index (χ1) is 34.5.